The number of aryl methyl sites for hydroxylation is 1. The molecule has 3 N–H and O–H groups in total. The predicted octanol–water partition coefficient (Wildman–Crippen LogP) is 6.42. The number of carbonyl (C=O) groups is 2. The minimum atomic E-state index is -0.553. The lowest BCUT2D eigenvalue weighted by Crippen LogP contribution is -2.31. The largest absolute Gasteiger partial charge is 0.353 e. The first kappa shape index (κ1) is 25.6. The molecule has 0 saturated heterocycles. The van der Waals surface area contributed by atoms with E-state index in [0.717, 1.165) is 10.4 Å². The number of nitriles is 1. The van der Waals surface area contributed by atoms with Crippen LogP contribution in [0.2, 0.25) is 5.02 Å². The first-order valence-corrected chi connectivity index (χ1v) is 13.3. The van der Waals surface area contributed by atoms with Crippen molar-refractivity contribution < 1.29 is 9.59 Å². The summed E-state index contributed by atoms with van der Waals surface area (Å²) in [6, 6.07) is 20.3. The molecule has 9 heteroatoms. The molecular weight excluding hydrogens is 512 g/mol. The number of carbonyl (C=O) groups excluding carboxylic acids is 2. The number of thiophene rings is 1. The fraction of sp³-hybridized carbons (Fsp3) is 0.148. The van der Waals surface area contributed by atoms with Gasteiger partial charge in [-0.05, 0) is 67.3 Å². The molecule has 0 fully saturated rings. The van der Waals surface area contributed by atoms with Gasteiger partial charge >= 0.3 is 0 Å². The van der Waals surface area contributed by atoms with Crippen LogP contribution in [0.25, 0.3) is 0 Å². The number of hydrogen-bond acceptors (Lipinski definition) is 6. The number of dihydropyridines is 1. The highest BCUT2D eigenvalue weighted by molar-refractivity contribution is 8.03. The zero-order chi connectivity index (χ0) is 25.7. The van der Waals surface area contributed by atoms with E-state index in [1.165, 1.54) is 23.1 Å². The van der Waals surface area contributed by atoms with Gasteiger partial charge in [-0.15, -0.1) is 11.3 Å². The number of anilines is 2. The van der Waals surface area contributed by atoms with Crippen LogP contribution in [0, 0.1) is 18.3 Å². The van der Waals surface area contributed by atoms with Gasteiger partial charge in [0.15, 0.2) is 0 Å². The molecule has 1 aliphatic rings. The van der Waals surface area contributed by atoms with Crippen LogP contribution in [-0.2, 0) is 9.59 Å². The number of benzene rings is 2. The molecular formula is C27H23ClN4O2S2. The van der Waals surface area contributed by atoms with E-state index in [2.05, 4.69) is 22.0 Å². The van der Waals surface area contributed by atoms with Crippen LogP contribution >= 0.6 is 34.7 Å². The molecule has 1 aliphatic heterocycles. The third kappa shape index (κ3) is 5.82. The summed E-state index contributed by atoms with van der Waals surface area (Å²) in [5.41, 5.74) is 3.81. The number of thioether (sulfide) groups is 1. The Morgan fingerprint density at radius 1 is 1.06 bits per heavy atom. The Bertz CT molecular complexity index is 1390. The second-order valence-electron chi connectivity index (χ2n) is 8.08. The van der Waals surface area contributed by atoms with Gasteiger partial charge in [0.25, 0.3) is 5.91 Å². The molecule has 2 amide bonds. The number of halogens is 1. The molecule has 2 aromatic carbocycles. The number of hydrogen-bond donors (Lipinski definition) is 3. The highest BCUT2D eigenvalue weighted by Crippen LogP contribution is 2.43. The minimum Gasteiger partial charge on any atom is -0.353 e. The molecule has 36 heavy (non-hydrogen) atoms. The SMILES string of the molecule is CC1=C(C(=O)Nc2ccc(Cl)cc2)C(c2sccc2C)C(C#N)=C(SCC(=O)Nc2ccccc2)N1. The van der Waals surface area contributed by atoms with E-state index in [1.54, 1.807) is 24.3 Å². The maximum absolute atomic E-state index is 13.5. The van der Waals surface area contributed by atoms with Gasteiger partial charge in [0.2, 0.25) is 5.91 Å². The average Bonchev–Trinajstić information content (AvgIpc) is 3.29. The topological polar surface area (TPSA) is 94.0 Å². The van der Waals surface area contributed by atoms with Crippen molar-refractivity contribution >= 4 is 57.9 Å². The summed E-state index contributed by atoms with van der Waals surface area (Å²) < 4.78 is 0. The van der Waals surface area contributed by atoms with Crippen molar-refractivity contribution in [3.8, 4) is 6.07 Å². The van der Waals surface area contributed by atoms with Crippen LogP contribution in [0.3, 0.4) is 0 Å². The minimum absolute atomic E-state index is 0.109. The molecule has 2 heterocycles. The molecule has 3 aromatic rings. The lowest BCUT2D eigenvalue weighted by atomic mass is 9.85. The highest BCUT2D eigenvalue weighted by atomic mass is 35.5. The van der Waals surface area contributed by atoms with Crippen molar-refractivity contribution in [2.24, 2.45) is 0 Å². The molecule has 1 unspecified atom stereocenters. The zero-order valence-electron chi connectivity index (χ0n) is 19.6. The fourth-order valence-electron chi connectivity index (χ4n) is 3.86. The van der Waals surface area contributed by atoms with Crippen LogP contribution in [0.4, 0.5) is 11.4 Å². The van der Waals surface area contributed by atoms with E-state index in [-0.39, 0.29) is 17.6 Å². The van der Waals surface area contributed by atoms with Gasteiger partial charge in [-0.25, -0.2) is 0 Å². The molecule has 1 atom stereocenters. The van der Waals surface area contributed by atoms with Gasteiger partial charge in [0.05, 0.1) is 28.3 Å². The molecule has 4 rings (SSSR count). The summed E-state index contributed by atoms with van der Waals surface area (Å²) in [4.78, 5) is 26.9. The quantitative estimate of drug-likeness (QED) is 0.325. The first-order chi connectivity index (χ1) is 17.4. The Morgan fingerprint density at radius 2 is 1.75 bits per heavy atom. The Kier molecular flexibility index (Phi) is 8.16. The third-order valence-electron chi connectivity index (χ3n) is 5.56. The van der Waals surface area contributed by atoms with Gasteiger partial charge in [-0.2, -0.15) is 5.26 Å². The number of allylic oxidation sites excluding steroid dienone is 2. The lowest BCUT2D eigenvalue weighted by Gasteiger charge is -2.29. The molecule has 0 spiro atoms. The lowest BCUT2D eigenvalue weighted by molar-refractivity contribution is -0.114. The van der Waals surface area contributed by atoms with E-state index < -0.39 is 5.92 Å². The second-order valence-corrected chi connectivity index (χ2v) is 10.5. The number of nitrogens with one attached hydrogen (secondary N) is 3. The Morgan fingerprint density at radius 3 is 2.39 bits per heavy atom. The van der Waals surface area contributed by atoms with Crippen LogP contribution < -0.4 is 16.0 Å². The number of nitrogens with zero attached hydrogens (tertiary/aromatic N) is 1. The van der Waals surface area contributed by atoms with Crippen molar-refractivity contribution in [3.05, 3.63) is 103 Å². The molecule has 1 aromatic heterocycles. The molecule has 0 radical (unpaired) electrons. The summed E-state index contributed by atoms with van der Waals surface area (Å²) in [6.45, 7) is 3.78. The predicted molar refractivity (Wildman–Crippen MR) is 148 cm³/mol. The monoisotopic (exact) mass is 534 g/mol. The number of para-hydroxylation sites is 1. The molecule has 182 valence electrons. The van der Waals surface area contributed by atoms with Crippen molar-refractivity contribution in [2.45, 2.75) is 19.8 Å². The van der Waals surface area contributed by atoms with E-state index in [4.69, 9.17) is 11.6 Å². The van der Waals surface area contributed by atoms with Gasteiger partial charge < -0.3 is 16.0 Å². The van der Waals surface area contributed by atoms with Gasteiger partial charge in [-0.3, -0.25) is 9.59 Å². The van der Waals surface area contributed by atoms with Crippen LogP contribution in [-0.4, -0.2) is 17.6 Å². The number of rotatable bonds is 7. The Balaban J connectivity index is 1.62. The number of amides is 2. The molecule has 0 bridgehead atoms. The normalized spacial score (nSPS) is 15.2. The van der Waals surface area contributed by atoms with Crippen molar-refractivity contribution in [2.75, 3.05) is 16.4 Å². The fourth-order valence-corrected chi connectivity index (χ4v) is 5.92. The Hall–Kier alpha value is -3.51. The van der Waals surface area contributed by atoms with Crippen molar-refractivity contribution in [1.82, 2.24) is 5.32 Å². The average molecular weight is 535 g/mol. The maximum atomic E-state index is 13.5. The summed E-state index contributed by atoms with van der Waals surface area (Å²) in [5, 5.41) is 22.3. The summed E-state index contributed by atoms with van der Waals surface area (Å²) in [5.74, 6) is -0.936. The second kappa shape index (κ2) is 11.5. The van der Waals surface area contributed by atoms with E-state index in [1.807, 2.05) is 55.6 Å². The van der Waals surface area contributed by atoms with E-state index in [9.17, 15) is 14.9 Å². The standard InChI is InChI=1S/C27H23ClN4O2S2/c1-16-12-13-35-25(16)24-21(14-29)27(36-15-22(33)31-19-6-4-3-5-7-19)30-17(2)23(24)26(34)32-20-10-8-18(28)9-11-20/h3-13,24,30H,15H2,1-2H3,(H,31,33)(H,32,34). The van der Waals surface area contributed by atoms with Gasteiger partial charge in [0.1, 0.15) is 0 Å². The molecule has 6 nitrogen and oxygen atoms in total. The van der Waals surface area contributed by atoms with Crippen LogP contribution in [0.5, 0.6) is 0 Å². The molecule has 0 saturated carbocycles. The maximum Gasteiger partial charge on any atom is 0.254 e. The van der Waals surface area contributed by atoms with Crippen molar-refractivity contribution in [1.29, 1.82) is 5.26 Å². The van der Waals surface area contributed by atoms with E-state index in [0.29, 0.717) is 38.3 Å². The third-order valence-corrected chi connectivity index (χ3v) is 7.92. The van der Waals surface area contributed by atoms with Crippen LogP contribution in [0.1, 0.15) is 23.3 Å². The van der Waals surface area contributed by atoms with Crippen LogP contribution in [0.15, 0.2) is 87.9 Å². The Labute approximate surface area is 223 Å². The summed E-state index contributed by atoms with van der Waals surface area (Å²) in [6.07, 6.45) is 0. The van der Waals surface area contributed by atoms with E-state index >= 15 is 0 Å². The summed E-state index contributed by atoms with van der Waals surface area (Å²) in [7, 11) is 0. The summed E-state index contributed by atoms with van der Waals surface area (Å²) >= 11 is 8.72. The molecule has 0 aliphatic carbocycles. The zero-order valence-corrected chi connectivity index (χ0v) is 22.0. The highest BCUT2D eigenvalue weighted by Gasteiger charge is 2.36. The van der Waals surface area contributed by atoms with Gasteiger partial charge in [0, 0.05) is 32.5 Å². The smallest absolute Gasteiger partial charge is 0.254 e. The van der Waals surface area contributed by atoms with Gasteiger partial charge in [-0.1, -0.05) is 41.6 Å². The van der Waals surface area contributed by atoms with Crippen molar-refractivity contribution in [3.63, 3.8) is 0 Å². The first-order valence-electron chi connectivity index (χ1n) is 11.1.